The standard InChI is InChI=1S/C12H21N3/c1-9(2)7-15-8-13-10-5-6-14-12(3,4)11(10)15/h8-9,14H,5-7H2,1-4H3. The number of rotatable bonds is 2. The van der Waals surface area contributed by atoms with E-state index in [0.717, 1.165) is 19.5 Å². The lowest BCUT2D eigenvalue weighted by Gasteiger charge is -2.33. The van der Waals surface area contributed by atoms with E-state index in [-0.39, 0.29) is 5.54 Å². The first kappa shape index (κ1) is 10.7. The van der Waals surface area contributed by atoms with Crippen molar-refractivity contribution in [3.05, 3.63) is 17.7 Å². The molecule has 15 heavy (non-hydrogen) atoms. The molecule has 3 heteroatoms. The maximum absolute atomic E-state index is 4.53. The third kappa shape index (κ3) is 1.93. The second-order valence-corrected chi connectivity index (χ2v) is 5.39. The van der Waals surface area contributed by atoms with Crippen molar-refractivity contribution in [1.29, 1.82) is 0 Å². The summed E-state index contributed by atoms with van der Waals surface area (Å²) < 4.78 is 2.31. The van der Waals surface area contributed by atoms with Gasteiger partial charge in [-0.1, -0.05) is 13.8 Å². The lowest BCUT2D eigenvalue weighted by atomic mass is 9.93. The molecular formula is C12H21N3. The number of hydrogen-bond acceptors (Lipinski definition) is 2. The second-order valence-electron chi connectivity index (χ2n) is 5.39. The third-order valence-corrected chi connectivity index (χ3v) is 3.00. The zero-order chi connectivity index (χ0) is 11.1. The predicted molar refractivity (Wildman–Crippen MR) is 61.8 cm³/mol. The van der Waals surface area contributed by atoms with E-state index in [0.29, 0.717) is 5.92 Å². The highest BCUT2D eigenvalue weighted by molar-refractivity contribution is 5.25. The van der Waals surface area contributed by atoms with E-state index in [2.05, 4.69) is 42.6 Å². The van der Waals surface area contributed by atoms with Crippen LogP contribution in [0.5, 0.6) is 0 Å². The van der Waals surface area contributed by atoms with Crippen molar-refractivity contribution in [1.82, 2.24) is 14.9 Å². The van der Waals surface area contributed by atoms with Gasteiger partial charge in [0.05, 0.1) is 23.3 Å². The van der Waals surface area contributed by atoms with E-state index in [4.69, 9.17) is 0 Å². The quantitative estimate of drug-likeness (QED) is 0.803. The van der Waals surface area contributed by atoms with Crippen molar-refractivity contribution in [3.8, 4) is 0 Å². The van der Waals surface area contributed by atoms with E-state index in [1.165, 1.54) is 11.4 Å². The molecule has 0 atom stereocenters. The summed E-state index contributed by atoms with van der Waals surface area (Å²) in [6.45, 7) is 11.1. The minimum Gasteiger partial charge on any atom is -0.332 e. The molecule has 0 spiro atoms. The zero-order valence-electron chi connectivity index (χ0n) is 10.2. The van der Waals surface area contributed by atoms with Gasteiger partial charge >= 0.3 is 0 Å². The molecule has 0 bridgehead atoms. The van der Waals surface area contributed by atoms with Crippen LogP contribution in [-0.4, -0.2) is 16.1 Å². The van der Waals surface area contributed by atoms with Crippen LogP contribution in [0.1, 0.15) is 39.1 Å². The Bertz CT molecular complexity index is 350. The van der Waals surface area contributed by atoms with Crippen molar-refractivity contribution in [2.75, 3.05) is 6.54 Å². The molecule has 0 saturated heterocycles. The van der Waals surface area contributed by atoms with Crippen LogP contribution in [0.4, 0.5) is 0 Å². The second kappa shape index (κ2) is 3.63. The van der Waals surface area contributed by atoms with E-state index in [9.17, 15) is 0 Å². The van der Waals surface area contributed by atoms with Gasteiger partial charge in [0.15, 0.2) is 0 Å². The molecule has 2 heterocycles. The first-order valence-electron chi connectivity index (χ1n) is 5.80. The fraction of sp³-hybridized carbons (Fsp3) is 0.750. The van der Waals surface area contributed by atoms with Gasteiger partial charge in [-0.05, 0) is 19.8 Å². The number of hydrogen-bond donors (Lipinski definition) is 1. The van der Waals surface area contributed by atoms with Gasteiger partial charge in [-0.2, -0.15) is 0 Å². The van der Waals surface area contributed by atoms with Crippen LogP contribution in [0.15, 0.2) is 6.33 Å². The average molecular weight is 207 g/mol. The van der Waals surface area contributed by atoms with Crippen LogP contribution in [0.3, 0.4) is 0 Å². The van der Waals surface area contributed by atoms with Crippen molar-refractivity contribution in [2.45, 2.75) is 46.2 Å². The number of imidazole rings is 1. The van der Waals surface area contributed by atoms with Crippen LogP contribution < -0.4 is 5.32 Å². The van der Waals surface area contributed by atoms with Crippen LogP contribution in [0.2, 0.25) is 0 Å². The van der Waals surface area contributed by atoms with Crippen LogP contribution in [0.25, 0.3) is 0 Å². The van der Waals surface area contributed by atoms with Gasteiger partial charge in [-0.15, -0.1) is 0 Å². The first-order valence-corrected chi connectivity index (χ1v) is 5.80. The minimum absolute atomic E-state index is 0.0684. The number of nitrogens with zero attached hydrogens (tertiary/aromatic N) is 2. The monoisotopic (exact) mass is 207 g/mol. The van der Waals surface area contributed by atoms with Gasteiger partial charge in [0, 0.05) is 19.5 Å². The highest BCUT2D eigenvalue weighted by atomic mass is 15.1. The summed E-state index contributed by atoms with van der Waals surface area (Å²) in [6.07, 6.45) is 3.06. The van der Waals surface area contributed by atoms with Crippen LogP contribution in [-0.2, 0) is 18.5 Å². The molecule has 2 rings (SSSR count). The smallest absolute Gasteiger partial charge is 0.0952 e. The van der Waals surface area contributed by atoms with Gasteiger partial charge in [0.1, 0.15) is 0 Å². The Morgan fingerprint density at radius 3 is 2.93 bits per heavy atom. The molecular weight excluding hydrogens is 186 g/mol. The van der Waals surface area contributed by atoms with E-state index in [1.807, 2.05) is 6.33 Å². The Morgan fingerprint density at radius 1 is 1.53 bits per heavy atom. The number of nitrogens with one attached hydrogen (secondary N) is 1. The highest BCUT2D eigenvalue weighted by Gasteiger charge is 2.31. The van der Waals surface area contributed by atoms with Gasteiger partial charge in [0.2, 0.25) is 0 Å². The lowest BCUT2D eigenvalue weighted by Crippen LogP contribution is -2.44. The Hall–Kier alpha value is -0.830. The van der Waals surface area contributed by atoms with Crippen molar-refractivity contribution >= 4 is 0 Å². The fourth-order valence-electron chi connectivity index (χ4n) is 2.44. The van der Waals surface area contributed by atoms with Gasteiger partial charge in [-0.3, -0.25) is 0 Å². The third-order valence-electron chi connectivity index (χ3n) is 3.00. The fourth-order valence-corrected chi connectivity index (χ4v) is 2.44. The largest absolute Gasteiger partial charge is 0.332 e. The maximum Gasteiger partial charge on any atom is 0.0952 e. The van der Waals surface area contributed by atoms with E-state index >= 15 is 0 Å². The zero-order valence-corrected chi connectivity index (χ0v) is 10.2. The maximum atomic E-state index is 4.53. The van der Waals surface area contributed by atoms with Crippen LogP contribution in [0, 0.1) is 5.92 Å². The summed E-state index contributed by atoms with van der Waals surface area (Å²) in [5.41, 5.74) is 2.72. The Labute approximate surface area is 91.9 Å². The summed E-state index contributed by atoms with van der Waals surface area (Å²) in [4.78, 5) is 4.53. The summed E-state index contributed by atoms with van der Waals surface area (Å²) in [5.74, 6) is 0.668. The topological polar surface area (TPSA) is 29.9 Å². The molecule has 0 saturated carbocycles. The summed E-state index contributed by atoms with van der Waals surface area (Å²) in [6, 6.07) is 0. The summed E-state index contributed by atoms with van der Waals surface area (Å²) in [7, 11) is 0. The Balaban J connectivity index is 2.38. The summed E-state index contributed by atoms with van der Waals surface area (Å²) in [5, 5.41) is 3.55. The normalized spacial score (nSPS) is 19.3. The van der Waals surface area contributed by atoms with E-state index < -0.39 is 0 Å². The Kier molecular flexibility index (Phi) is 2.59. The van der Waals surface area contributed by atoms with Gasteiger partial charge in [0.25, 0.3) is 0 Å². The molecule has 84 valence electrons. The lowest BCUT2D eigenvalue weighted by molar-refractivity contribution is 0.345. The van der Waals surface area contributed by atoms with Crippen LogP contribution >= 0.6 is 0 Å². The van der Waals surface area contributed by atoms with E-state index in [1.54, 1.807) is 0 Å². The molecule has 0 fully saturated rings. The first-order chi connectivity index (χ1) is 7.00. The number of fused-ring (bicyclic) bond motifs is 1. The van der Waals surface area contributed by atoms with Crippen molar-refractivity contribution in [3.63, 3.8) is 0 Å². The van der Waals surface area contributed by atoms with Crippen molar-refractivity contribution in [2.24, 2.45) is 5.92 Å². The summed E-state index contributed by atoms with van der Waals surface area (Å²) >= 11 is 0. The Morgan fingerprint density at radius 2 is 2.27 bits per heavy atom. The molecule has 0 radical (unpaired) electrons. The van der Waals surface area contributed by atoms with Gasteiger partial charge in [-0.25, -0.2) is 4.98 Å². The average Bonchev–Trinajstić information content (AvgIpc) is 2.48. The molecule has 0 unspecified atom stereocenters. The molecule has 1 aromatic heterocycles. The molecule has 1 aromatic rings. The molecule has 0 aliphatic carbocycles. The highest BCUT2D eigenvalue weighted by Crippen LogP contribution is 2.27. The molecule has 1 aliphatic rings. The molecule has 1 aliphatic heterocycles. The van der Waals surface area contributed by atoms with Crippen molar-refractivity contribution < 1.29 is 0 Å². The molecule has 3 nitrogen and oxygen atoms in total. The minimum atomic E-state index is 0.0684. The molecule has 1 N–H and O–H groups in total. The molecule has 0 aromatic carbocycles. The predicted octanol–water partition coefficient (Wildman–Crippen LogP) is 1.92. The van der Waals surface area contributed by atoms with Gasteiger partial charge < -0.3 is 9.88 Å². The molecule has 0 amide bonds. The number of aromatic nitrogens is 2. The SMILES string of the molecule is CC(C)Cn1cnc2c1C(C)(C)NCC2.